The van der Waals surface area contributed by atoms with Crippen LogP contribution in [-0.2, 0) is 14.3 Å². The number of terminal acetylenes is 1. The second-order valence-corrected chi connectivity index (χ2v) is 10.6. The lowest BCUT2D eigenvalue weighted by Gasteiger charge is -2.42. The Balaban J connectivity index is 2.53. The molecule has 0 saturated carbocycles. The minimum Gasteiger partial charge on any atom is -0.497 e. The molecule has 0 heterocycles. The topological polar surface area (TPSA) is 97.0 Å². The smallest absolute Gasteiger partial charge is 0.408 e. The number of carbonyl (C=O) groups is 3. The number of nitrogens with one attached hydrogen (secondary N) is 2. The number of ether oxygens (including phenoxy) is 2. The van der Waals surface area contributed by atoms with Crippen LogP contribution in [0.15, 0.2) is 48.5 Å². The highest BCUT2D eigenvalue weighted by molar-refractivity contribution is 5.99. The van der Waals surface area contributed by atoms with Crippen molar-refractivity contribution in [1.29, 1.82) is 0 Å². The molecule has 0 aliphatic rings. The van der Waals surface area contributed by atoms with Crippen molar-refractivity contribution in [2.75, 3.05) is 12.4 Å². The fourth-order valence-electron chi connectivity index (χ4n) is 3.75. The van der Waals surface area contributed by atoms with Crippen LogP contribution in [0.2, 0.25) is 0 Å². The Kier molecular flexibility index (Phi) is 9.35. The summed E-state index contributed by atoms with van der Waals surface area (Å²) in [6, 6.07) is 11.8. The molecule has 0 saturated heterocycles. The molecule has 198 valence electrons. The highest BCUT2D eigenvalue weighted by atomic mass is 16.6. The molecule has 37 heavy (non-hydrogen) atoms. The Morgan fingerprint density at radius 1 is 0.973 bits per heavy atom. The average molecular weight is 508 g/mol. The second kappa shape index (κ2) is 11.8. The maximum absolute atomic E-state index is 13.9. The highest BCUT2D eigenvalue weighted by Crippen LogP contribution is 2.33. The predicted octanol–water partition coefficient (Wildman–Crippen LogP) is 4.90. The molecule has 2 atom stereocenters. The molecule has 0 aliphatic heterocycles. The Morgan fingerprint density at radius 2 is 1.57 bits per heavy atom. The van der Waals surface area contributed by atoms with Gasteiger partial charge in [-0.25, -0.2) is 4.79 Å². The van der Waals surface area contributed by atoms with E-state index in [4.69, 9.17) is 15.9 Å². The van der Waals surface area contributed by atoms with Crippen molar-refractivity contribution < 1.29 is 23.9 Å². The molecular weight excluding hydrogens is 470 g/mol. The van der Waals surface area contributed by atoms with E-state index in [0.29, 0.717) is 22.6 Å². The third-order valence-corrected chi connectivity index (χ3v) is 5.34. The van der Waals surface area contributed by atoms with Gasteiger partial charge in [0.25, 0.3) is 5.91 Å². The zero-order chi connectivity index (χ0) is 28.0. The predicted molar refractivity (Wildman–Crippen MR) is 144 cm³/mol. The molecule has 8 heteroatoms. The van der Waals surface area contributed by atoms with Gasteiger partial charge in [0.2, 0.25) is 5.91 Å². The van der Waals surface area contributed by atoms with E-state index in [1.165, 1.54) is 4.90 Å². The summed E-state index contributed by atoms with van der Waals surface area (Å²) in [5, 5.41) is 5.48. The fourth-order valence-corrected chi connectivity index (χ4v) is 3.75. The van der Waals surface area contributed by atoms with E-state index in [-0.39, 0.29) is 0 Å². The van der Waals surface area contributed by atoms with E-state index >= 15 is 0 Å². The largest absolute Gasteiger partial charge is 0.497 e. The molecule has 2 rings (SSSR count). The summed E-state index contributed by atoms with van der Waals surface area (Å²) in [4.78, 5) is 41.5. The van der Waals surface area contributed by atoms with Gasteiger partial charge >= 0.3 is 6.09 Å². The van der Waals surface area contributed by atoms with Gasteiger partial charge in [0.1, 0.15) is 23.4 Å². The number of carbonyl (C=O) groups excluding carboxylic acids is 3. The lowest BCUT2D eigenvalue weighted by molar-refractivity contribution is -0.146. The number of methoxy groups -OCH3 is 1. The lowest BCUT2D eigenvalue weighted by atomic mass is 9.93. The first-order valence-electron chi connectivity index (χ1n) is 12.0. The zero-order valence-corrected chi connectivity index (χ0v) is 22.8. The molecule has 2 aromatic rings. The Labute approximate surface area is 219 Å². The number of rotatable bonds is 7. The highest BCUT2D eigenvalue weighted by Gasteiger charge is 2.41. The molecule has 2 unspecified atom stereocenters. The van der Waals surface area contributed by atoms with Gasteiger partial charge in [0.05, 0.1) is 7.11 Å². The van der Waals surface area contributed by atoms with Crippen molar-refractivity contribution in [2.45, 2.75) is 71.7 Å². The van der Waals surface area contributed by atoms with Crippen molar-refractivity contribution in [1.82, 2.24) is 10.2 Å². The first-order valence-corrected chi connectivity index (χ1v) is 12.0. The number of hydrogen-bond donors (Lipinski definition) is 2. The Hall–Kier alpha value is -3.99. The van der Waals surface area contributed by atoms with Crippen LogP contribution in [0.3, 0.4) is 0 Å². The number of amides is 3. The van der Waals surface area contributed by atoms with E-state index in [2.05, 4.69) is 16.6 Å². The molecule has 8 nitrogen and oxygen atoms in total. The van der Waals surface area contributed by atoms with E-state index in [9.17, 15) is 14.4 Å². The van der Waals surface area contributed by atoms with Crippen molar-refractivity contribution >= 4 is 23.6 Å². The number of anilines is 1. The summed E-state index contributed by atoms with van der Waals surface area (Å²) in [6.45, 7) is 12.2. The number of nitrogens with zero attached hydrogens (tertiary/aromatic N) is 1. The molecule has 2 aromatic carbocycles. The maximum Gasteiger partial charge on any atom is 0.408 e. The third-order valence-electron chi connectivity index (χ3n) is 5.34. The van der Waals surface area contributed by atoms with Crippen LogP contribution in [-0.4, -0.2) is 47.1 Å². The normalized spacial score (nSPS) is 12.9. The van der Waals surface area contributed by atoms with Crippen molar-refractivity contribution in [3.05, 3.63) is 59.7 Å². The van der Waals surface area contributed by atoms with Crippen LogP contribution < -0.4 is 15.4 Å². The molecule has 3 amide bonds. The molecule has 0 radical (unpaired) electrons. The van der Waals surface area contributed by atoms with E-state index < -0.39 is 41.1 Å². The molecule has 0 spiro atoms. The van der Waals surface area contributed by atoms with Crippen LogP contribution in [0.4, 0.5) is 10.5 Å². The van der Waals surface area contributed by atoms with Gasteiger partial charge < -0.3 is 25.0 Å². The number of hydrogen-bond acceptors (Lipinski definition) is 5. The Bertz CT molecular complexity index is 1150. The molecule has 0 aromatic heterocycles. The summed E-state index contributed by atoms with van der Waals surface area (Å²) in [7, 11) is 1.56. The third kappa shape index (κ3) is 8.01. The zero-order valence-electron chi connectivity index (χ0n) is 22.8. The van der Waals surface area contributed by atoms with Gasteiger partial charge in [0.15, 0.2) is 0 Å². The first kappa shape index (κ1) is 29.2. The quantitative estimate of drug-likeness (QED) is 0.520. The average Bonchev–Trinajstić information content (AvgIpc) is 2.80. The second-order valence-electron chi connectivity index (χ2n) is 10.6. The minimum absolute atomic E-state index is 0.458. The lowest BCUT2D eigenvalue weighted by Crippen LogP contribution is -2.57. The van der Waals surface area contributed by atoms with E-state index in [0.717, 1.165) is 0 Å². The number of benzene rings is 2. The van der Waals surface area contributed by atoms with Crippen molar-refractivity contribution in [3.8, 4) is 18.1 Å². The van der Waals surface area contributed by atoms with E-state index in [1.807, 2.05) is 20.8 Å². The summed E-state index contributed by atoms with van der Waals surface area (Å²) in [6.07, 6.45) is 5.04. The van der Waals surface area contributed by atoms with Crippen LogP contribution in [0, 0.1) is 12.3 Å². The van der Waals surface area contributed by atoms with Gasteiger partial charge in [-0.15, -0.1) is 6.42 Å². The molecule has 0 fully saturated rings. The monoisotopic (exact) mass is 507 g/mol. The molecule has 0 bridgehead atoms. The van der Waals surface area contributed by atoms with Crippen molar-refractivity contribution in [2.24, 2.45) is 0 Å². The van der Waals surface area contributed by atoms with Crippen LogP contribution in [0.1, 0.15) is 65.6 Å². The maximum atomic E-state index is 13.9. The summed E-state index contributed by atoms with van der Waals surface area (Å²) in [5.74, 6) is 2.33. The van der Waals surface area contributed by atoms with Gasteiger partial charge in [-0.2, -0.15) is 0 Å². The van der Waals surface area contributed by atoms with E-state index in [1.54, 1.807) is 83.3 Å². The summed E-state index contributed by atoms with van der Waals surface area (Å²) in [5.41, 5.74) is -0.0700. The molecular formula is C29H37N3O5. The van der Waals surface area contributed by atoms with Crippen molar-refractivity contribution in [3.63, 3.8) is 0 Å². The Morgan fingerprint density at radius 3 is 2.08 bits per heavy atom. The molecule has 2 N–H and O–H groups in total. The standard InChI is InChI=1S/C29H37N3O5/c1-10-20-13-11-12-14-23(20)24(25(33)31-21-15-17-22(36-9)18-16-21)32(28(3,4)5)26(34)19(2)30-27(35)37-29(6,7)8/h1,11-19,24H,2-9H3,(H,30,35)(H,31,33). The van der Waals surface area contributed by atoms with Crippen LogP contribution in [0.25, 0.3) is 0 Å². The SMILES string of the molecule is C#Cc1ccccc1C(C(=O)Nc1ccc(OC)cc1)N(C(=O)C(C)NC(=O)OC(C)(C)C)C(C)(C)C. The minimum atomic E-state index is -1.09. The molecule has 0 aliphatic carbocycles. The van der Waals surface area contributed by atoms with Gasteiger partial charge in [-0.3, -0.25) is 9.59 Å². The van der Waals surface area contributed by atoms with Gasteiger partial charge in [-0.05, 0) is 84.4 Å². The van der Waals surface area contributed by atoms with Gasteiger partial charge in [-0.1, -0.05) is 24.1 Å². The van der Waals surface area contributed by atoms with Crippen LogP contribution in [0.5, 0.6) is 5.75 Å². The summed E-state index contributed by atoms with van der Waals surface area (Å²) < 4.78 is 10.5. The first-order chi connectivity index (χ1) is 17.2. The van der Waals surface area contributed by atoms with Crippen LogP contribution >= 0.6 is 0 Å². The summed E-state index contributed by atoms with van der Waals surface area (Å²) >= 11 is 0. The number of alkyl carbamates (subject to hydrolysis) is 1. The van der Waals surface area contributed by atoms with Gasteiger partial charge in [0, 0.05) is 16.8 Å². The fraction of sp³-hybridized carbons (Fsp3) is 0.414.